The molecule has 6 nitrogen and oxygen atoms in total. The highest BCUT2D eigenvalue weighted by atomic mass is 35.5. The minimum absolute atomic E-state index is 0.0812. The number of sulfonamides is 1. The Balaban J connectivity index is 3.22. The first-order valence-corrected chi connectivity index (χ1v) is 7.90. The molecular weight excluding hydrogens is 302 g/mol. The molecule has 0 saturated heterocycles. The zero-order chi connectivity index (χ0) is 15.3. The number of benzene rings is 1. The summed E-state index contributed by atoms with van der Waals surface area (Å²) < 4.78 is 26.2. The summed E-state index contributed by atoms with van der Waals surface area (Å²) in [5.74, 6) is -0.386. The maximum Gasteiger partial charge on any atom is 0.245 e. The summed E-state index contributed by atoms with van der Waals surface area (Å²) >= 11 is 5.82. The monoisotopic (exact) mass is 319 g/mol. The van der Waals surface area contributed by atoms with Gasteiger partial charge in [0.05, 0.1) is 12.2 Å². The number of halogens is 1. The van der Waals surface area contributed by atoms with Gasteiger partial charge in [-0.2, -0.15) is 4.31 Å². The minimum atomic E-state index is -3.86. The first-order valence-electron chi connectivity index (χ1n) is 6.08. The van der Waals surface area contributed by atoms with Gasteiger partial charge < -0.3 is 11.1 Å². The fourth-order valence-electron chi connectivity index (χ4n) is 1.64. The number of hydrogen-bond donors (Lipinski definition) is 2. The Labute approximate surface area is 123 Å². The third kappa shape index (κ3) is 3.84. The van der Waals surface area contributed by atoms with Crippen LogP contribution in [-0.4, -0.2) is 38.8 Å². The van der Waals surface area contributed by atoms with E-state index >= 15 is 0 Å². The summed E-state index contributed by atoms with van der Waals surface area (Å²) in [6, 6.07) is 4.23. The molecule has 0 saturated carbocycles. The van der Waals surface area contributed by atoms with E-state index in [2.05, 4.69) is 5.32 Å². The highest BCUT2D eigenvalue weighted by Crippen LogP contribution is 2.25. The summed E-state index contributed by atoms with van der Waals surface area (Å²) in [5, 5.41) is 2.67. The third-order valence-electron chi connectivity index (χ3n) is 2.67. The molecule has 0 radical (unpaired) electrons. The standard InChI is InChI=1S/C12H18ClN3O3S/c1-3-6-16(8-12(17)15-2)20(18,19)11-7-9(13)4-5-10(11)14/h4-5,7H,3,6,8,14H2,1-2H3,(H,15,17). The van der Waals surface area contributed by atoms with E-state index in [1.807, 2.05) is 6.92 Å². The number of hydrogen-bond acceptors (Lipinski definition) is 4. The van der Waals surface area contributed by atoms with Gasteiger partial charge in [0.25, 0.3) is 0 Å². The lowest BCUT2D eigenvalue weighted by Gasteiger charge is -2.21. The zero-order valence-electron chi connectivity index (χ0n) is 11.4. The summed E-state index contributed by atoms with van der Waals surface area (Å²) in [6.07, 6.45) is 0.580. The number of carbonyl (C=O) groups excluding carboxylic acids is 1. The van der Waals surface area contributed by atoms with Gasteiger partial charge in [0.15, 0.2) is 0 Å². The molecule has 0 atom stereocenters. The van der Waals surface area contributed by atoms with Crippen molar-refractivity contribution in [1.29, 1.82) is 0 Å². The van der Waals surface area contributed by atoms with Gasteiger partial charge in [-0.25, -0.2) is 8.42 Å². The van der Waals surface area contributed by atoms with E-state index in [9.17, 15) is 13.2 Å². The Hall–Kier alpha value is -1.31. The topological polar surface area (TPSA) is 92.5 Å². The van der Waals surface area contributed by atoms with Crippen LogP contribution >= 0.6 is 11.6 Å². The van der Waals surface area contributed by atoms with Crippen molar-refractivity contribution >= 4 is 33.2 Å². The fourth-order valence-corrected chi connectivity index (χ4v) is 3.51. The first-order chi connectivity index (χ1) is 9.32. The third-order valence-corrected chi connectivity index (χ3v) is 4.80. The molecule has 0 aromatic heterocycles. The minimum Gasteiger partial charge on any atom is -0.398 e. The summed E-state index contributed by atoms with van der Waals surface area (Å²) in [4.78, 5) is 11.4. The Morgan fingerprint density at radius 3 is 2.65 bits per heavy atom. The van der Waals surface area contributed by atoms with Crippen molar-refractivity contribution in [3.05, 3.63) is 23.2 Å². The Kier molecular flexibility index (Phi) is 5.79. The van der Waals surface area contributed by atoms with Crippen LogP contribution in [0.3, 0.4) is 0 Å². The van der Waals surface area contributed by atoms with Crippen LogP contribution in [0.15, 0.2) is 23.1 Å². The molecule has 1 rings (SSSR count). The molecule has 0 unspecified atom stereocenters. The molecule has 112 valence electrons. The average Bonchev–Trinajstić information content (AvgIpc) is 2.40. The number of rotatable bonds is 6. The lowest BCUT2D eigenvalue weighted by Crippen LogP contribution is -2.40. The number of amides is 1. The van der Waals surface area contributed by atoms with Crippen LogP contribution in [0, 0.1) is 0 Å². The quantitative estimate of drug-likeness (QED) is 0.767. The van der Waals surface area contributed by atoms with Crippen LogP contribution in [0.1, 0.15) is 13.3 Å². The van der Waals surface area contributed by atoms with E-state index in [1.54, 1.807) is 0 Å². The number of nitrogens with two attached hydrogens (primary N) is 1. The van der Waals surface area contributed by atoms with Crippen LogP contribution in [0.4, 0.5) is 5.69 Å². The second kappa shape index (κ2) is 6.92. The maximum absolute atomic E-state index is 12.6. The SMILES string of the molecule is CCCN(CC(=O)NC)S(=O)(=O)c1cc(Cl)ccc1N. The average molecular weight is 320 g/mol. The molecule has 0 aliphatic heterocycles. The summed E-state index contributed by atoms with van der Waals surface area (Å²) in [6.45, 7) is 1.80. The Bertz CT molecular complexity index is 590. The maximum atomic E-state index is 12.6. The normalized spacial score (nSPS) is 11.6. The van der Waals surface area contributed by atoms with Gasteiger partial charge in [-0.1, -0.05) is 18.5 Å². The first kappa shape index (κ1) is 16.7. The zero-order valence-corrected chi connectivity index (χ0v) is 13.0. The van der Waals surface area contributed by atoms with E-state index in [1.165, 1.54) is 25.2 Å². The van der Waals surface area contributed by atoms with Crippen molar-refractivity contribution < 1.29 is 13.2 Å². The van der Waals surface area contributed by atoms with Gasteiger partial charge in [-0.05, 0) is 24.6 Å². The molecular formula is C12H18ClN3O3S. The second-order valence-corrected chi connectivity index (χ2v) is 6.54. The van der Waals surface area contributed by atoms with Gasteiger partial charge in [0.2, 0.25) is 15.9 Å². The molecule has 20 heavy (non-hydrogen) atoms. The number of nitrogen functional groups attached to an aromatic ring is 1. The molecule has 0 bridgehead atoms. The molecule has 0 aliphatic carbocycles. The fraction of sp³-hybridized carbons (Fsp3) is 0.417. The largest absolute Gasteiger partial charge is 0.398 e. The molecule has 0 heterocycles. The van der Waals surface area contributed by atoms with Gasteiger partial charge >= 0.3 is 0 Å². The summed E-state index contributed by atoms with van der Waals surface area (Å²) in [5.41, 5.74) is 5.81. The van der Waals surface area contributed by atoms with Crippen LogP contribution in [-0.2, 0) is 14.8 Å². The smallest absolute Gasteiger partial charge is 0.245 e. The molecule has 1 aromatic rings. The molecule has 8 heteroatoms. The van der Waals surface area contributed by atoms with Crippen molar-refractivity contribution in [2.75, 3.05) is 25.9 Å². The van der Waals surface area contributed by atoms with E-state index in [0.717, 1.165) is 4.31 Å². The van der Waals surface area contributed by atoms with Gasteiger partial charge in [0, 0.05) is 18.6 Å². The van der Waals surface area contributed by atoms with E-state index in [-0.39, 0.29) is 34.6 Å². The number of anilines is 1. The summed E-state index contributed by atoms with van der Waals surface area (Å²) in [7, 11) is -2.41. The molecule has 1 aromatic carbocycles. The highest BCUT2D eigenvalue weighted by Gasteiger charge is 2.27. The van der Waals surface area contributed by atoms with Crippen molar-refractivity contribution in [3.63, 3.8) is 0 Å². The number of carbonyl (C=O) groups is 1. The number of nitrogens with one attached hydrogen (secondary N) is 1. The van der Waals surface area contributed by atoms with Gasteiger partial charge in [0.1, 0.15) is 4.90 Å². The molecule has 1 amide bonds. The van der Waals surface area contributed by atoms with Gasteiger partial charge in [-0.3, -0.25) is 4.79 Å². The lowest BCUT2D eigenvalue weighted by molar-refractivity contribution is -0.120. The van der Waals surface area contributed by atoms with Crippen molar-refractivity contribution in [3.8, 4) is 0 Å². The van der Waals surface area contributed by atoms with Crippen LogP contribution in [0.25, 0.3) is 0 Å². The predicted molar refractivity (Wildman–Crippen MR) is 79.0 cm³/mol. The van der Waals surface area contributed by atoms with Crippen LogP contribution in [0.2, 0.25) is 5.02 Å². The second-order valence-electron chi connectivity index (χ2n) is 4.19. The van der Waals surface area contributed by atoms with Crippen molar-refractivity contribution in [2.45, 2.75) is 18.2 Å². The number of likely N-dealkylation sites (N-methyl/N-ethyl adjacent to an activating group) is 1. The van der Waals surface area contributed by atoms with Crippen LogP contribution < -0.4 is 11.1 Å². The molecule has 0 fully saturated rings. The van der Waals surface area contributed by atoms with E-state index in [4.69, 9.17) is 17.3 Å². The number of nitrogens with zero attached hydrogens (tertiary/aromatic N) is 1. The highest BCUT2D eigenvalue weighted by molar-refractivity contribution is 7.89. The Morgan fingerprint density at radius 2 is 2.10 bits per heavy atom. The van der Waals surface area contributed by atoms with E-state index < -0.39 is 10.0 Å². The van der Waals surface area contributed by atoms with Gasteiger partial charge in [-0.15, -0.1) is 0 Å². The van der Waals surface area contributed by atoms with Crippen molar-refractivity contribution in [2.24, 2.45) is 0 Å². The molecule has 3 N–H and O–H groups in total. The van der Waals surface area contributed by atoms with Crippen molar-refractivity contribution in [1.82, 2.24) is 9.62 Å². The predicted octanol–water partition coefficient (Wildman–Crippen LogP) is 1.07. The molecule has 0 aliphatic rings. The lowest BCUT2D eigenvalue weighted by atomic mass is 10.3. The Morgan fingerprint density at radius 1 is 1.45 bits per heavy atom. The van der Waals surface area contributed by atoms with E-state index in [0.29, 0.717) is 6.42 Å². The molecule has 0 spiro atoms. The van der Waals surface area contributed by atoms with Crippen LogP contribution in [0.5, 0.6) is 0 Å².